The molecule has 0 atom stereocenters. The van der Waals surface area contributed by atoms with Crippen LogP contribution in [0.15, 0.2) is 57.2 Å². The van der Waals surface area contributed by atoms with Gasteiger partial charge in [0, 0.05) is 4.47 Å². The topological polar surface area (TPSA) is 39.6 Å². The second-order valence-electron chi connectivity index (χ2n) is 4.30. The number of halogens is 1. The monoisotopic (exact) mass is 323 g/mol. The first-order chi connectivity index (χ1) is 9.15. The molecule has 1 N–H and O–H groups in total. The van der Waals surface area contributed by atoms with Crippen LogP contribution in [0.2, 0.25) is 0 Å². The van der Waals surface area contributed by atoms with Crippen LogP contribution in [0.4, 0.5) is 0 Å². The van der Waals surface area contributed by atoms with E-state index in [9.17, 15) is 4.79 Å². The first kappa shape index (κ1) is 13.8. The molecule has 0 spiro atoms. The van der Waals surface area contributed by atoms with Crippen molar-refractivity contribution in [3.63, 3.8) is 0 Å². The molecule has 0 unspecified atom stereocenters. The van der Waals surface area contributed by atoms with Crippen LogP contribution in [-0.4, -0.2) is 17.7 Å². The average Bonchev–Trinajstić information content (AvgIpc) is 2.66. The third-order valence-electron chi connectivity index (χ3n) is 2.88. The van der Waals surface area contributed by atoms with Gasteiger partial charge in [0.2, 0.25) is 0 Å². The molecule has 19 heavy (non-hydrogen) atoms. The number of quaternary nitrogens is 1. The Morgan fingerprint density at radius 2 is 2.00 bits per heavy atom. The molecule has 5 heteroatoms. The highest BCUT2D eigenvalue weighted by molar-refractivity contribution is 9.10. The molecule has 0 fully saturated rings. The normalized spacial score (nSPS) is 11.1. The van der Waals surface area contributed by atoms with E-state index in [0.717, 1.165) is 23.1 Å². The van der Waals surface area contributed by atoms with Gasteiger partial charge in [0.15, 0.2) is 12.3 Å². The number of benzene rings is 1. The highest BCUT2D eigenvalue weighted by Gasteiger charge is 2.14. The molecule has 0 aliphatic heterocycles. The van der Waals surface area contributed by atoms with Crippen LogP contribution in [0.3, 0.4) is 0 Å². The Hall–Kier alpha value is -1.59. The number of hydrogen-bond acceptors (Lipinski definition) is 2. The number of fused-ring (bicyclic) bond motifs is 1. The second kappa shape index (κ2) is 6.04. The zero-order valence-electron chi connectivity index (χ0n) is 10.6. The van der Waals surface area contributed by atoms with Gasteiger partial charge < -0.3 is 9.32 Å². The molecule has 0 aliphatic carbocycles. The standard InChI is InChI=1S/C14H15BrN2O2/c1-3-7-16(8-4-2)10-17-12-6-5-11(15)9-13(12)19-14(17)18/h3-6,9H,1-2,7-8,10H2/p+1. The smallest absolute Gasteiger partial charge is 0.408 e. The Morgan fingerprint density at radius 3 is 2.63 bits per heavy atom. The summed E-state index contributed by atoms with van der Waals surface area (Å²) in [4.78, 5) is 13.1. The maximum absolute atomic E-state index is 11.9. The van der Waals surface area contributed by atoms with E-state index < -0.39 is 0 Å². The first-order valence-corrected chi connectivity index (χ1v) is 6.79. The van der Waals surface area contributed by atoms with E-state index >= 15 is 0 Å². The molecular weight excluding hydrogens is 308 g/mol. The van der Waals surface area contributed by atoms with Crippen molar-refractivity contribution in [2.24, 2.45) is 0 Å². The fourth-order valence-corrected chi connectivity index (χ4v) is 2.37. The summed E-state index contributed by atoms with van der Waals surface area (Å²) in [5, 5.41) is 0. The van der Waals surface area contributed by atoms with Crippen molar-refractivity contribution < 1.29 is 9.32 Å². The molecule has 2 rings (SSSR count). The van der Waals surface area contributed by atoms with Gasteiger partial charge in [0.25, 0.3) is 0 Å². The molecule has 4 nitrogen and oxygen atoms in total. The summed E-state index contributed by atoms with van der Waals surface area (Å²) in [6, 6.07) is 5.58. The molecule has 0 amide bonds. The van der Waals surface area contributed by atoms with Gasteiger partial charge in [-0.25, -0.2) is 9.36 Å². The van der Waals surface area contributed by atoms with Crippen molar-refractivity contribution in [2.75, 3.05) is 13.1 Å². The molecule has 0 bridgehead atoms. The van der Waals surface area contributed by atoms with Crippen LogP contribution >= 0.6 is 15.9 Å². The summed E-state index contributed by atoms with van der Waals surface area (Å²) in [6.07, 6.45) is 3.67. The van der Waals surface area contributed by atoms with Crippen molar-refractivity contribution >= 4 is 27.0 Å². The van der Waals surface area contributed by atoms with Crippen molar-refractivity contribution in [3.8, 4) is 0 Å². The lowest BCUT2D eigenvalue weighted by atomic mass is 10.3. The minimum absolute atomic E-state index is 0.335. The third-order valence-corrected chi connectivity index (χ3v) is 3.37. The summed E-state index contributed by atoms with van der Waals surface area (Å²) in [6.45, 7) is 9.54. The number of oxazole rings is 1. The van der Waals surface area contributed by atoms with E-state index in [2.05, 4.69) is 29.1 Å². The molecule has 100 valence electrons. The van der Waals surface area contributed by atoms with Crippen molar-refractivity contribution in [2.45, 2.75) is 6.67 Å². The molecule has 0 saturated heterocycles. The maximum atomic E-state index is 11.9. The Balaban J connectivity index is 2.38. The lowest BCUT2D eigenvalue weighted by Gasteiger charge is -2.15. The molecule has 2 aromatic rings. The first-order valence-electron chi connectivity index (χ1n) is 6.00. The van der Waals surface area contributed by atoms with E-state index in [-0.39, 0.29) is 5.76 Å². The van der Waals surface area contributed by atoms with Crippen LogP contribution in [0.5, 0.6) is 0 Å². The lowest BCUT2D eigenvalue weighted by molar-refractivity contribution is -0.911. The summed E-state index contributed by atoms with van der Waals surface area (Å²) in [7, 11) is 0. The van der Waals surface area contributed by atoms with Crippen LogP contribution in [0.25, 0.3) is 11.1 Å². The zero-order chi connectivity index (χ0) is 13.8. The van der Waals surface area contributed by atoms with Gasteiger partial charge in [-0.2, -0.15) is 0 Å². The van der Waals surface area contributed by atoms with Gasteiger partial charge >= 0.3 is 5.76 Å². The third kappa shape index (κ3) is 3.05. The van der Waals surface area contributed by atoms with Crippen molar-refractivity contribution in [3.05, 3.63) is 58.5 Å². The Bertz CT molecular complexity index is 647. The van der Waals surface area contributed by atoms with Gasteiger partial charge in [-0.15, -0.1) is 0 Å². The summed E-state index contributed by atoms with van der Waals surface area (Å²) in [5.41, 5.74) is 1.40. The largest absolute Gasteiger partial charge is 0.424 e. The van der Waals surface area contributed by atoms with E-state index in [1.165, 1.54) is 4.90 Å². The van der Waals surface area contributed by atoms with Gasteiger partial charge in [0.1, 0.15) is 0 Å². The number of nitrogens with one attached hydrogen (secondary N) is 1. The van der Waals surface area contributed by atoms with Gasteiger partial charge in [-0.05, 0) is 30.4 Å². The fourth-order valence-electron chi connectivity index (χ4n) is 2.03. The Kier molecular flexibility index (Phi) is 4.39. The van der Waals surface area contributed by atoms with Crippen LogP contribution in [0, 0.1) is 0 Å². The fraction of sp³-hybridized carbons (Fsp3) is 0.214. The van der Waals surface area contributed by atoms with Gasteiger partial charge in [-0.3, -0.25) is 0 Å². The SMILES string of the molecule is C=CC[NH+](CC=C)Cn1c(=O)oc2cc(Br)ccc21. The number of hydrogen-bond donors (Lipinski definition) is 1. The van der Waals surface area contributed by atoms with Gasteiger partial charge in [-0.1, -0.05) is 29.1 Å². The van der Waals surface area contributed by atoms with E-state index in [0.29, 0.717) is 12.3 Å². The lowest BCUT2D eigenvalue weighted by Crippen LogP contribution is -3.11. The summed E-state index contributed by atoms with van der Waals surface area (Å²) in [5.74, 6) is -0.335. The van der Waals surface area contributed by atoms with Crippen molar-refractivity contribution in [1.29, 1.82) is 0 Å². The maximum Gasteiger partial charge on any atom is 0.424 e. The second-order valence-corrected chi connectivity index (χ2v) is 5.22. The average molecular weight is 324 g/mol. The Morgan fingerprint density at radius 1 is 1.32 bits per heavy atom. The van der Waals surface area contributed by atoms with Gasteiger partial charge in [0.05, 0.1) is 18.6 Å². The predicted molar refractivity (Wildman–Crippen MR) is 79.3 cm³/mol. The van der Waals surface area contributed by atoms with E-state index in [1.54, 1.807) is 10.6 Å². The minimum Gasteiger partial charge on any atom is -0.408 e. The number of nitrogens with zero attached hydrogens (tertiary/aromatic N) is 1. The van der Waals surface area contributed by atoms with E-state index in [1.807, 2.05) is 24.3 Å². The molecule has 0 radical (unpaired) electrons. The van der Waals surface area contributed by atoms with Crippen LogP contribution in [-0.2, 0) is 6.67 Å². The van der Waals surface area contributed by atoms with Crippen LogP contribution < -0.4 is 10.7 Å². The number of aromatic nitrogens is 1. The molecule has 1 aromatic carbocycles. The van der Waals surface area contributed by atoms with Crippen LogP contribution in [0.1, 0.15) is 0 Å². The number of rotatable bonds is 6. The molecule has 0 aliphatic rings. The Labute approximate surface area is 119 Å². The molecule has 1 aromatic heterocycles. The molecule has 1 heterocycles. The summed E-state index contributed by atoms with van der Waals surface area (Å²) < 4.78 is 7.78. The molecular formula is C14H16BrN2O2+. The zero-order valence-corrected chi connectivity index (χ0v) is 12.1. The molecule has 0 saturated carbocycles. The predicted octanol–water partition coefficient (Wildman–Crippen LogP) is 1.57. The highest BCUT2D eigenvalue weighted by atomic mass is 79.9. The van der Waals surface area contributed by atoms with E-state index in [4.69, 9.17) is 4.42 Å². The highest BCUT2D eigenvalue weighted by Crippen LogP contribution is 2.18. The van der Waals surface area contributed by atoms with Crippen molar-refractivity contribution in [1.82, 2.24) is 4.57 Å². The minimum atomic E-state index is -0.335. The quantitative estimate of drug-likeness (QED) is 0.820. The summed E-state index contributed by atoms with van der Waals surface area (Å²) >= 11 is 3.36.